The molecule has 320 valence electrons. The quantitative estimate of drug-likeness (QED) is 0.0548. The molecule has 0 saturated heterocycles. The average Bonchev–Trinajstić information content (AvgIpc) is 3.08. The Morgan fingerprint density at radius 1 is 0.302 bits per heavy atom. The topological polar surface area (TPSA) is 0 Å². The molecule has 0 radical (unpaired) electrons. The van der Waals surface area contributed by atoms with Crippen LogP contribution >= 0.6 is 0 Å². The first-order valence-corrected chi connectivity index (χ1v) is 25.3. The second-order valence-electron chi connectivity index (χ2n) is 21.4. The van der Waals surface area contributed by atoms with Crippen molar-refractivity contribution in [2.45, 2.75) is 314 Å². The minimum atomic E-state index is 0.409. The summed E-state index contributed by atoms with van der Waals surface area (Å²) >= 11 is 0. The highest BCUT2D eigenvalue weighted by molar-refractivity contribution is 5.01. The van der Waals surface area contributed by atoms with Gasteiger partial charge < -0.3 is 0 Å². The monoisotopic (exact) mass is 745 g/mol. The largest absolute Gasteiger partial charge is 0.0654 e. The molecule has 2 atom stereocenters. The zero-order valence-corrected chi connectivity index (χ0v) is 39.7. The van der Waals surface area contributed by atoms with Gasteiger partial charge in [0, 0.05) is 0 Å². The minimum absolute atomic E-state index is 0.409. The van der Waals surface area contributed by atoms with Gasteiger partial charge in [0.2, 0.25) is 0 Å². The molecule has 0 aromatic rings. The molecular formula is C53H108. The van der Waals surface area contributed by atoms with E-state index < -0.39 is 0 Å². The van der Waals surface area contributed by atoms with Gasteiger partial charge in [0.1, 0.15) is 0 Å². The summed E-state index contributed by atoms with van der Waals surface area (Å²) in [5.74, 6) is 0.779. The van der Waals surface area contributed by atoms with Crippen LogP contribution in [0.3, 0.4) is 0 Å². The van der Waals surface area contributed by atoms with Gasteiger partial charge in [-0.1, -0.05) is 262 Å². The predicted molar refractivity (Wildman–Crippen MR) is 246 cm³/mol. The van der Waals surface area contributed by atoms with Crippen LogP contribution in [0.15, 0.2) is 0 Å². The first-order valence-electron chi connectivity index (χ1n) is 25.3. The van der Waals surface area contributed by atoms with Gasteiger partial charge >= 0.3 is 0 Å². The summed E-state index contributed by atoms with van der Waals surface area (Å²) in [7, 11) is 0. The van der Waals surface area contributed by atoms with Gasteiger partial charge in [-0.3, -0.25) is 0 Å². The van der Waals surface area contributed by atoms with Crippen molar-refractivity contribution in [1.82, 2.24) is 0 Å². The lowest BCUT2D eigenvalue weighted by Crippen LogP contribution is -2.46. The molecule has 0 amide bonds. The average molecular weight is 745 g/mol. The zero-order chi connectivity index (χ0) is 39.7. The van der Waals surface area contributed by atoms with Crippen LogP contribution in [0.25, 0.3) is 0 Å². The Labute approximate surface area is 340 Å². The molecule has 0 fully saturated rings. The van der Waals surface area contributed by atoms with Crippen LogP contribution in [0.5, 0.6) is 0 Å². The molecule has 53 heavy (non-hydrogen) atoms. The van der Waals surface area contributed by atoms with E-state index in [1.807, 2.05) is 0 Å². The van der Waals surface area contributed by atoms with Gasteiger partial charge in [-0.15, -0.1) is 0 Å². The Morgan fingerprint density at radius 3 is 0.849 bits per heavy atom. The van der Waals surface area contributed by atoms with E-state index in [0.717, 1.165) is 5.92 Å². The predicted octanol–water partition coefficient (Wildman–Crippen LogP) is 20.2. The molecule has 0 aliphatic heterocycles. The zero-order valence-electron chi connectivity index (χ0n) is 39.7. The SMILES string of the molecule is CCCCCCCCCCC(CCCCCCCCC)(CC(C)(C)CC(C)C)C(CCCCCCCC)(CCCCCCCCC)CCCC(C)(C)C. The van der Waals surface area contributed by atoms with Crippen molar-refractivity contribution < 1.29 is 0 Å². The van der Waals surface area contributed by atoms with Gasteiger partial charge in [0.15, 0.2) is 0 Å². The molecule has 0 saturated carbocycles. The highest BCUT2D eigenvalue weighted by Gasteiger charge is 2.50. The minimum Gasteiger partial charge on any atom is -0.0654 e. The van der Waals surface area contributed by atoms with Gasteiger partial charge in [0.05, 0.1) is 0 Å². The van der Waals surface area contributed by atoms with Crippen molar-refractivity contribution in [1.29, 1.82) is 0 Å². The summed E-state index contributed by atoms with van der Waals surface area (Å²) in [6.45, 7) is 27.4. The molecule has 0 heterocycles. The van der Waals surface area contributed by atoms with E-state index in [2.05, 4.69) is 76.2 Å². The standard InChI is InChI=1S/C53H108/c1-12-16-20-24-28-31-35-39-45-53(48-51(10,11)47-49(5)6,44-38-34-30-26-22-18-14-3)52(46-40-41-50(7,8)9,42-36-32-27-23-19-15-4)43-37-33-29-25-21-17-13-2/h49H,12-48H2,1-11H3. The van der Waals surface area contributed by atoms with Crippen LogP contribution in [-0.4, -0.2) is 0 Å². The maximum Gasteiger partial charge on any atom is -0.0236 e. The van der Waals surface area contributed by atoms with Gasteiger partial charge in [-0.2, -0.15) is 0 Å². The number of hydrogen-bond acceptors (Lipinski definition) is 0. The smallest absolute Gasteiger partial charge is 0.0236 e. The molecular weight excluding hydrogens is 637 g/mol. The van der Waals surface area contributed by atoms with Gasteiger partial charge in [-0.25, -0.2) is 0 Å². The summed E-state index contributed by atoms with van der Waals surface area (Å²) in [6.07, 6.45) is 53.8. The van der Waals surface area contributed by atoms with E-state index in [1.165, 1.54) is 238 Å². The second-order valence-corrected chi connectivity index (χ2v) is 21.4. The van der Waals surface area contributed by atoms with Gasteiger partial charge in [0.25, 0.3) is 0 Å². The van der Waals surface area contributed by atoms with Crippen LogP contribution in [0.2, 0.25) is 0 Å². The highest BCUT2D eigenvalue weighted by Crippen LogP contribution is 2.61. The highest BCUT2D eigenvalue weighted by atomic mass is 14.6. The fraction of sp³-hybridized carbons (Fsp3) is 1.00. The summed E-state index contributed by atoms with van der Waals surface area (Å²) in [6, 6.07) is 0. The lowest BCUT2D eigenvalue weighted by molar-refractivity contribution is -0.0578. The van der Waals surface area contributed by atoms with E-state index in [1.54, 1.807) is 0 Å². The molecule has 0 spiro atoms. The summed E-state index contributed by atoms with van der Waals surface area (Å²) in [4.78, 5) is 0. The van der Waals surface area contributed by atoms with Crippen molar-refractivity contribution in [2.24, 2.45) is 27.6 Å². The first-order chi connectivity index (χ1) is 25.3. The maximum atomic E-state index is 2.71. The van der Waals surface area contributed by atoms with Crippen LogP contribution in [0, 0.1) is 27.6 Å². The number of unbranched alkanes of at least 4 members (excludes halogenated alkanes) is 24. The van der Waals surface area contributed by atoms with E-state index >= 15 is 0 Å². The Kier molecular flexibility index (Phi) is 33.0. The summed E-state index contributed by atoms with van der Waals surface area (Å²) in [5.41, 5.74) is 1.83. The second kappa shape index (κ2) is 33.0. The van der Waals surface area contributed by atoms with Crippen molar-refractivity contribution in [3.05, 3.63) is 0 Å². The molecule has 0 heteroatoms. The lowest BCUT2D eigenvalue weighted by atomic mass is 9.49. The van der Waals surface area contributed by atoms with Crippen molar-refractivity contribution in [2.75, 3.05) is 0 Å². The lowest BCUT2D eigenvalue weighted by Gasteiger charge is -2.56. The summed E-state index contributed by atoms with van der Waals surface area (Å²) < 4.78 is 0. The van der Waals surface area contributed by atoms with Crippen molar-refractivity contribution in [3.8, 4) is 0 Å². The molecule has 0 bridgehead atoms. The normalized spacial score (nSPS) is 14.9. The maximum absolute atomic E-state index is 2.71. The molecule has 2 unspecified atom stereocenters. The molecule has 0 aliphatic rings. The van der Waals surface area contributed by atoms with Gasteiger partial charge in [-0.05, 0) is 78.9 Å². The van der Waals surface area contributed by atoms with Crippen LogP contribution in [0.4, 0.5) is 0 Å². The molecule has 0 aliphatic carbocycles. The number of rotatable bonds is 40. The Balaban J connectivity index is 6.89. The summed E-state index contributed by atoms with van der Waals surface area (Å²) in [5, 5.41) is 0. The molecule has 0 rings (SSSR count). The molecule has 0 N–H and O–H groups in total. The fourth-order valence-corrected chi connectivity index (χ4v) is 10.9. The third kappa shape index (κ3) is 28.1. The van der Waals surface area contributed by atoms with Crippen LogP contribution < -0.4 is 0 Å². The van der Waals surface area contributed by atoms with Crippen molar-refractivity contribution in [3.63, 3.8) is 0 Å². The Bertz CT molecular complexity index is 752. The Morgan fingerprint density at radius 2 is 0.566 bits per heavy atom. The molecule has 0 aromatic heterocycles. The van der Waals surface area contributed by atoms with E-state index in [-0.39, 0.29) is 0 Å². The van der Waals surface area contributed by atoms with E-state index in [4.69, 9.17) is 0 Å². The molecule has 0 nitrogen and oxygen atoms in total. The van der Waals surface area contributed by atoms with Crippen LogP contribution in [0.1, 0.15) is 314 Å². The molecule has 0 aromatic carbocycles. The van der Waals surface area contributed by atoms with Crippen LogP contribution in [-0.2, 0) is 0 Å². The van der Waals surface area contributed by atoms with E-state index in [0.29, 0.717) is 21.7 Å². The number of hydrogen-bond donors (Lipinski definition) is 0. The third-order valence-corrected chi connectivity index (χ3v) is 13.5. The van der Waals surface area contributed by atoms with Crippen molar-refractivity contribution >= 4 is 0 Å². The van der Waals surface area contributed by atoms with E-state index in [9.17, 15) is 0 Å². The first kappa shape index (κ1) is 53.0. The third-order valence-electron chi connectivity index (χ3n) is 13.5. The Hall–Kier alpha value is 0. The fourth-order valence-electron chi connectivity index (χ4n) is 10.9.